The molecule has 3 aromatic rings. The van der Waals surface area contributed by atoms with Crippen molar-refractivity contribution in [3.05, 3.63) is 53.5 Å². The molecule has 4 heterocycles. The molecule has 1 amide bonds. The van der Waals surface area contributed by atoms with Gasteiger partial charge in [-0.25, -0.2) is 9.97 Å². The third-order valence-electron chi connectivity index (χ3n) is 6.02. The largest absolute Gasteiger partial charge is 0.573 e. The van der Waals surface area contributed by atoms with Crippen molar-refractivity contribution in [1.82, 2.24) is 19.9 Å². The van der Waals surface area contributed by atoms with Gasteiger partial charge in [0.2, 0.25) is 0 Å². The minimum absolute atomic E-state index is 0.200. The number of aromatic nitrogens is 3. The molecule has 2 aliphatic heterocycles. The number of nitrogens with zero attached hydrogens (tertiary/aromatic N) is 3. The number of carbonyl (C=O) groups is 1. The van der Waals surface area contributed by atoms with Crippen molar-refractivity contribution >= 4 is 17.1 Å². The molecule has 2 fully saturated rings. The molecule has 1 aromatic carbocycles. The highest BCUT2D eigenvalue weighted by molar-refractivity contribution is 5.94. The smallest absolute Gasteiger partial charge is 0.406 e. The first-order valence-electron chi connectivity index (χ1n) is 10.4. The standard InChI is InChI=1S/C22H21F3N4O3/c23-22(24,25)32-16-3-1-14(2-4-16)21(30)29-9-6-13(7-10-29)17-5-8-26-20-18(17)27-19(28-20)15-11-31-12-15/h1-5,8,13,15H,6-7,9-12H2,(H,26,27,28). The van der Waals surface area contributed by atoms with Gasteiger partial charge in [-0.05, 0) is 54.7 Å². The topological polar surface area (TPSA) is 80.3 Å². The summed E-state index contributed by atoms with van der Waals surface area (Å²) in [6.45, 7) is 2.45. The quantitative estimate of drug-likeness (QED) is 0.656. The van der Waals surface area contributed by atoms with Crippen LogP contribution in [0, 0.1) is 0 Å². The molecule has 0 bridgehead atoms. The lowest BCUT2D eigenvalue weighted by atomic mass is 9.89. The van der Waals surface area contributed by atoms with Crippen molar-refractivity contribution in [2.75, 3.05) is 26.3 Å². The van der Waals surface area contributed by atoms with Crippen LogP contribution in [0.3, 0.4) is 0 Å². The van der Waals surface area contributed by atoms with Gasteiger partial charge >= 0.3 is 6.36 Å². The zero-order chi connectivity index (χ0) is 22.3. The van der Waals surface area contributed by atoms with Crippen molar-refractivity contribution < 1.29 is 27.4 Å². The van der Waals surface area contributed by atoms with Gasteiger partial charge < -0.3 is 19.4 Å². The number of imidazole rings is 1. The molecule has 2 saturated heterocycles. The summed E-state index contributed by atoms with van der Waals surface area (Å²) < 4.78 is 46.1. The third kappa shape index (κ3) is 4.14. The Kier molecular flexibility index (Phi) is 5.24. The summed E-state index contributed by atoms with van der Waals surface area (Å²) in [5.41, 5.74) is 3.10. The second kappa shape index (κ2) is 8.09. The number of piperidine rings is 1. The van der Waals surface area contributed by atoms with Crippen LogP contribution in [-0.2, 0) is 4.74 Å². The Hall–Kier alpha value is -3.14. The number of ether oxygens (including phenoxy) is 2. The van der Waals surface area contributed by atoms with Crippen LogP contribution in [0.15, 0.2) is 36.5 Å². The van der Waals surface area contributed by atoms with Gasteiger partial charge in [0, 0.05) is 24.8 Å². The van der Waals surface area contributed by atoms with Gasteiger partial charge in [0.05, 0.1) is 19.1 Å². The molecule has 2 aliphatic rings. The lowest BCUT2D eigenvalue weighted by molar-refractivity contribution is -0.274. The number of aromatic amines is 1. The Balaban J connectivity index is 1.25. The molecule has 0 saturated carbocycles. The van der Waals surface area contributed by atoms with Gasteiger partial charge in [0.15, 0.2) is 5.65 Å². The number of amides is 1. The van der Waals surface area contributed by atoms with Gasteiger partial charge in [-0.3, -0.25) is 4.79 Å². The van der Waals surface area contributed by atoms with E-state index >= 15 is 0 Å². The van der Waals surface area contributed by atoms with E-state index in [1.807, 2.05) is 6.07 Å². The van der Waals surface area contributed by atoms with Crippen LogP contribution in [0.4, 0.5) is 13.2 Å². The Morgan fingerprint density at radius 1 is 1.09 bits per heavy atom. The number of nitrogens with one attached hydrogen (secondary N) is 1. The highest BCUT2D eigenvalue weighted by Crippen LogP contribution is 2.33. The number of halogens is 3. The number of alkyl halides is 3. The van der Waals surface area contributed by atoms with E-state index in [-0.39, 0.29) is 23.5 Å². The minimum Gasteiger partial charge on any atom is -0.406 e. The van der Waals surface area contributed by atoms with Crippen molar-refractivity contribution in [3.63, 3.8) is 0 Å². The average Bonchev–Trinajstić information content (AvgIpc) is 3.15. The molecule has 32 heavy (non-hydrogen) atoms. The van der Waals surface area contributed by atoms with Crippen molar-refractivity contribution in [1.29, 1.82) is 0 Å². The van der Waals surface area contributed by atoms with Crippen LogP contribution in [0.5, 0.6) is 5.75 Å². The second-order valence-electron chi connectivity index (χ2n) is 8.09. The first-order valence-corrected chi connectivity index (χ1v) is 10.4. The number of carbonyl (C=O) groups excluding carboxylic acids is 1. The van der Waals surface area contributed by atoms with E-state index in [0.717, 1.165) is 47.5 Å². The van der Waals surface area contributed by atoms with Crippen LogP contribution >= 0.6 is 0 Å². The summed E-state index contributed by atoms with van der Waals surface area (Å²) >= 11 is 0. The Labute approximate surface area is 181 Å². The summed E-state index contributed by atoms with van der Waals surface area (Å²) in [7, 11) is 0. The normalized spacial score (nSPS) is 18.0. The molecule has 0 radical (unpaired) electrons. The van der Waals surface area contributed by atoms with Gasteiger partial charge in [0.1, 0.15) is 17.1 Å². The van der Waals surface area contributed by atoms with Crippen molar-refractivity contribution in [2.24, 2.45) is 0 Å². The average molecular weight is 446 g/mol. The zero-order valence-corrected chi connectivity index (χ0v) is 17.1. The maximum Gasteiger partial charge on any atom is 0.573 e. The van der Waals surface area contributed by atoms with Gasteiger partial charge in [0.25, 0.3) is 5.91 Å². The number of H-pyrrole nitrogens is 1. The van der Waals surface area contributed by atoms with Crippen LogP contribution < -0.4 is 4.74 Å². The predicted octanol–water partition coefficient (Wildman–Crippen LogP) is 3.99. The lowest BCUT2D eigenvalue weighted by Crippen LogP contribution is -2.38. The highest BCUT2D eigenvalue weighted by Gasteiger charge is 2.32. The van der Waals surface area contributed by atoms with Crippen LogP contribution in [0.2, 0.25) is 0 Å². The molecule has 0 spiro atoms. The van der Waals surface area contributed by atoms with E-state index in [4.69, 9.17) is 9.72 Å². The molecule has 168 valence electrons. The van der Waals surface area contributed by atoms with Gasteiger partial charge in [-0.2, -0.15) is 0 Å². The van der Waals surface area contributed by atoms with E-state index in [9.17, 15) is 18.0 Å². The lowest BCUT2D eigenvalue weighted by Gasteiger charge is -2.32. The Morgan fingerprint density at radius 3 is 2.44 bits per heavy atom. The molecule has 1 N–H and O–H groups in total. The highest BCUT2D eigenvalue weighted by atomic mass is 19.4. The molecular formula is C22H21F3N4O3. The van der Waals surface area contributed by atoms with E-state index in [1.54, 1.807) is 11.1 Å². The number of pyridine rings is 1. The summed E-state index contributed by atoms with van der Waals surface area (Å²) in [4.78, 5) is 27.0. The fraction of sp³-hybridized carbons (Fsp3) is 0.409. The van der Waals surface area contributed by atoms with Gasteiger partial charge in [-0.1, -0.05) is 0 Å². The summed E-state index contributed by atoms with van der Waals surface area (Å²) in [5, 5.41) is 0. The number of hydrogen-bond donors (Lipinski definition) is 1. The van der Waals surface area contributed by atoms with E-state index in [0.29, 0.717) is 31.9 Å². The van der Waals surface area contributed by atoms with E-state index < -0.39 is 6.36 Å². The molecule has 2 aromatic heterocycles. The predicted molar refractivity (Wildman–Crippen MR) is 108 cm³/mol. The summed E-state index contributed by atoms with van der Waals surface area (Å²) in [5.74, 6) is 0.886. The Morgan fingerprint density at radius 2 is 1.81 bits per heavy atom. The minimum atomic E-state index is -4.76. The SMILES string of the molecule is O=C(c1ccc(OC(F)(F)F)cc1)N1CCC(c2ccnc3[nH]c(C4COC4)nc23)CC1. The first-order chi connectivity index (χ1) is 15.4. The Bertz CT molecular complexity index is 1120. The van der Waals surface area contributed by atoms with Crippen molar-refractivity contribution in [2.45, 2.75) is 31.0 Å². The molecule has 7 nitrogen and oxygen atoms in total. The van der Waals surface area contributed by atoms with Crippen molar-refractivity contribution in [3.8, 4) is 5.75 Å². The number of fused-ring (bicyclic) bond motifs is 1. The molecule has 5 rings (SSSR count). The molecule has 0 atom stereocenters. The zero-order valence-electron chi connectivity index (χ0n) is 17.1. The summed E-state index contributed by atoms with van der Waals surface area (Å²) in [6, 6.07) is 7.02. The maximum absolute atomic E-state index is 12.8. The molecule has 0 unspecified atom stereocenters. The third-order valence-corrected chi connectivity index (χ3v) is 6.02. The fourth-order valence-electron chi connectivity index (χ4n) is 4.24. The van der Waals surface area contributed by atoms with E-state index in [2.05, 4.69) is 14.7 Å². The summed E-state index contributed by atoms with van der Waals surface area (Å²) in [6.07, 6.45) is -1.44. The first kappa shape index (κ1) is 20.7. The van der Waals surface area contributed by atoms with E-state index in [1.165, 1.54) is 12.1 Å². The number of benzene rings is 1. The molecule has 0 aliphatic carbocycles. The van der Waals surface area contributed by atoms with Gasteiger partial charge in [-0.15, -0.1) is 13.2 Å². The number of hydrogen-bond acceptors (Lipinski definition) is 5. The second-order valence-corrected chi connectivity index (χ2v) is 8.09. The number of rotatable bonds is 4. The van der Waals surface area contributed by atoms with Crippen LogP contribution in [0.25, 0.3) is 11.2 Å². The van der Waals surface area contributed by atoms with Crippen LogP contribution in [0.1, 0.15) is 46.4 Å². The molecule has 10 heteroatoms. The fourth-order valence-corrected chi connectivity index (χ4v) is 4.24. The molecular weight excluding hydrogens is 425 g/mol. The monoisotopic (exact) mass is 446 g/mol. The maximum atomic E-state index is 12.8. The number of likely N-dealkylation sites (tertiary alicyclic amines) is 1. The van der Waals surface area contributed by atoms with Crippen LogP contribution in [-0.4, -0.2) is 58.4 Å².